The summed E-state index contributed by atoms with van der Waals surface area (Å²) in [5.74, 6) is 2.04. The van der Waals surface area contributed by atoms with Crippen molar-refractivity contribution in [2.75, 3.05) is 20.3 Å². The molecule has 4 nitrogen and oxygen atoms in total. The van der Waals surface area contributed by atoms with Crippen LogP contribution in [0.2, 0.25) is 0 Å². The molecule has 0 radical (unpaired) electrons. The zero-order chi connectivity index (χ0) is 13.8. The van der Waals surface area contributed by atoms with E-state index in [1.165, 1.54) is 0 Å². The van der Waals surface area contributed by atoms with Gasteiger partial charge in [0.25, 0.3) is 0 Å². The van der Waals surface area contributed by atoms with Crippen molar-refractivity contribution >= 4 is 17.3 Å². The van der Waals surface area contributed by atoms with Gasteiger partial charge in [-0.2, -0.15) is 0 Å². The zero-order valence-electron chi connectivity index (χ0n) is 11.5. The van der Waals surface area contributed by atoms with E-state index in [1.54, 1.807) is 0 Å². The average molecular weight is 280 g/mol. The maximum atomic E-state index is 5.62. The van der Waals surface area contributed by atoms with E-state index in [2.05, 4.69) is 30.5 Å². The largest absolute Gasteiger partial charge is 0.486 e. The van der Waals surface area contributed by atoms with Crippen molar-refractivity contribution < 1.29 is 9.47 Å². The van der Waals surface area contributed by atoms with Crippen molar-refractivity contribution in [3.63, 3.8) is 0 Å². The normalized spacial score (nSPS) is 14.9. The highest BCUT2D eigenvalue weighted by Gasteiger charge is 2.20. The second-order valence-corrected chi connectivity index (χ2v) is 5.26. The molecule has 0 fully saturated rings. The molecule has 1 aromatic rings. The van der Waals surface area contributed by atoms with Gasteiger partial charge in [0.15, 0.2) is 16.6 Å². The van der Waals surface area contributed by atoms with Crippen LogP contribution in [0.15, 0.2) is 18.2 Å². The topological polar surface area (TPSA) is 42.5 Å². The molecule has 1 atom stereocenters. The molecule has 5 heteroatoms. The first-order valence-corrected chi connectivity index (χ1v) is 6.90. The Morgan fingerprint density at radius 2 is 1.89 bits per heavy atom. The molecule has 0 aromatic heterocycles. The third kappa shape index (κ3) is 3.29. The lowest BCUT2D eigenvalue weighted by Crippen LogP contribution is -2.37. The van der Waals surface area contributed by atoms with E-state index in [4.69, 9.17) is 21.7 Å². The van der Waals surface area contributed by atoms with E-state index >= 15 is 0 Å². The highest BCUT2D eigenvalue weighted by atomic mass is 32.1. The van der Waals surface area contributed by atoms with E-state index < -0.39 is 0 Å². The van der Waals surface area contributed by atoms with Gasteiger partial charge in [0.1, 0.15) is 13.2 Å². The number of hydrogen-bond donors (Lipinski definition) is 2. The molecule has 2 rings (SSSR count). The summed E-state index contributed by atoms with van der Waals surface area (Å²) in [6.07, 6.45) is 0. The highest BCUT2D eigenvalue weighted by molar-refractivity contribution is 7.80. The van der Waals surface area contributed by atoms with E-state index in [0.29, 0.717) is 24.2 Å². The predicted molar refractivity (Wildman–Crippen MR) is 79.8 cm³/mol. The number of hydrogen-bond acceptors (Lipinski definition) is 3. The van der Waals surface area contributed by atoms with Gasteiger partial charge >= 0.3 is 0 Å². The molecule has 1 heterocycles. The van der Waals surface area contributed by atoms with Crippen LogP contribution in [0.25, 0.3) is 0 Å². The summed E-state index contributed by atoms with van der Waals surface area (Å²) < 4.78 is 11.2. The maximum Gasteiger partial charge on any atom is 0.166 e. The van der Waals surface area contributed by atoms with Gasteiger partial charge in [0, 0.05) is 7.05 Å². The number of thiocarbonyl (C=S) groups is 1. The SMILES string of the molecule is CNC(=S)N[C@H](c1ccc2c(c1)OCCO2)C(C)C. The molecule has 0 bridgehead atoms. The maximum absolute atomic E-state index is 5.62. The van der Waals surface area contributed by atoms with Crippen molar-refractivity contribution in [2.24, 2.45) is 5.92 Å². The lowest BCUT2D eigenvalue weighted by molar-refractivity contribution is 0.171. The molecular weight excluding hydrogens is 260 g/mol. The van der Waals surface area contributed by atoms with Crippen LogP contribution < -0.4 is 20.1 Å². The molecule has 2 N–H and O–H groups in total. The molecule has 1 aliphatic heterocycles. The summed E-state index contributed by atoms with van der Waals surface area (Å²) in [7, 11) is 1.82. The van der Waals surface area contributed by atoms with Gasteiger partial charge in [-0.1, -0.05) is 19.9 Å². The summed E-state index contributed by atoms with van der Waals surface area (Å²) in [5.41, 5.74) is 1.15. The smallest absolute Gasteiger partial charge is 0.166 e. The van der Waals surface area contributed by atoms with Gasteiger partial charge in [0.2, 0.25) is 0 Å². The molecule has 0 saturated carbocycles. The van der Waals surface area contributed by atoms with E-state index in [-0.39, 0.29) is 6.04 Å². The van der Waals surface area contributed by atoms with Gasteiger partial charge in [-0.3, -0.25) is 0 Å². The van der Waals surface area contributed by atoms with E-state index in [1.807, 2.05) is 19.2 Å². The Kier molecular flexibility index (Phi) is 4.47. The van der Waals surface area contributed by atoms with Crippen LogP contribution in [0.4, 0.5) is 0 Å². The van der Waals surface area contributed by atoms with Crippen LogP contribution in [-0.4, -0.2) is 25.4 Å². The molecular formula is C14H20N2O2S. The quantitative estimate of drug-likeness (QED) is 0.831. The van der Waals surface area contributed by atoms with Crippen LogP contribution in [-0.2, 0) is 0 Å². The first-order valence-electron chi connectivity index (χ1n) is 6.49. The van der Waals surface area contributed by atoms with Crippen molar-refractivity contribution in [1.82, 2.24) is 10.6 Å². The number of benzene rings is 1. The van der Waals surface area contributed by atoms with Crippen LogP contribution in [0, 0.1) is 5.92 Å². The number of fused-ring (bicyclic) bond motifs is 1. The molecule has 0 aliphatic carbocycles. The Labute approximate surface area is 119 Å². The molecule has 0 saturated heterocycles. The molecule has 104 valence electrons. The Hall–Kier alpha value is -1.49. The first-order chi connectivity index (χ1) is 9.11. The second kappa shape index (κ2) is 6.10. The monoisotopic (exact) mass is 280 g/mol. The standard InChI is InChI=1S/C14H20N2O2S/c1-9(2)13(16-14(19)15-3)10-4-5-11-12(8-10)18-7-6-17-11/h4-5,8-9,13H,6-7H2,1-3H3,(H2,15,16,19)/t13-/m0/s1. The summed E-state index contributed by atoms with van der Waals surface area (Å²) in [6.45, 7) is 5.53. The zero-order valence-corrected chi connectivity index (χ0v) is 12.3. The third-order valence-corrected chi connectivity index (χ3v) is 3.43. The third-order valence-electron chi connectivity index (χ3n) is 3.11. The predicted octanol–water partition coefficient (Wildman–Crippen LogP) is 2.25. The summed E-state index contributed by atoms with van der Waals surface area (Å²) in [6, 6.07) is 6.20. The fourth-order valence-electron chi connectivity index (χ4n) is 2.10. The number of rotatable bonds is 3. The lowest BCUT2D eigenvalue weighted by Gasteiger charge is -2.26. The van der Waals surface area contributed by atoms with Crippen molar-refractivity contribution in [3.8, 4) is 11.5 Å². The lowest BCUT2D eigenvalue weighted by atomic mass is 9.96. The van der Waals surface area contributed by atoms with E-state index in [9.17, 15) is 0 Å². The summed E-state index contributed by atoms with van der Waals surface area (Å²) >= 11 is 5.19. The van der Waals surface area contributed by atoms with Crippen LogP contribution >= 0.6 is 12.2 Å². The molecule has 19 heavy (non-hydrogen) atoms. The molecule has 0 unspecified atom stereocenters. The molecule has 1 aromatic carbocycles. The Morgan fingerprint density at radius 1 is 1.21 bits per heavy atom. The average Bonchev–Trinajstić information content (AvgIpc) is 2.43. The van der Waals surface area contributed by atoms with Gasteiger partial charge in [-0.25, -0.2) is 0 Å². The second-order valence-electron chi connectivity index (χ2n) is 4.85. The van der Waals surface area contributed by atoms with Crippen LogP contribution in [0.1, 0.15) is 25.5 Å². The summed E-state index contributed by atoms with van der Waals surface area (Å²) in [4.78, 5) is 0. The minimum atomic E-state index is 0.149. The van der Waals surface area contributed by atoms with Crippen LogP contribution in [0.5, 0.6) is 11.5 Å². The highest BCUT2D eigenvalue weighted by Crippen LogP contribution is 2.34. The van der Waals surface area contributed by atoms with Gasteiger partial charge in [-0.05, 0) is 35.8 Å². The van der Waals surface area contributed by atoms with Gasteiger partial charge in [0.05, 0.1) is 6.04 Å². The fourth-order valence-corrected chi connectivity index (χ4v) is 2.23. The Morgan fingerprint density at radius 3 is 2.53 bits per heavy atom. The Bertz CT molecular complexity index is 463. The number of nitrogens with one attached hydrogen (secondary N) is 2. The molecule has 0 amide bonds. The van der Waals surface area contributed by atoms with Crippen LogP contribution in [0.3, 0.4) is 0 Å². The molecule has 0 spiro atoms. The number of ether oxygens (including phenoxy) is 2. The van der Waals surface area contributed by atoms with Gasteiger partial charge in [-0.15, -0.1) is 0 Å². The first kappa shape index (κ1) is 13.9. The van der Waals surface area contributed by atoms with E-state index in [0.717, 1.165) is 17.1 Å². The minimum absolute atomic E-state index is 0.149. The molecule has 1 aliphatic rings. The Balaban J connectivity index is 2.24. The fraction of sp³-hybridized carbons (Fsp3) is 0.500. The van der Waals surface area contributed by atoms with Crippen molar-refractivity contribution in [1.29, 1.82) is 0 Å². The summed E-state index contributed by atoms with van der Waals surface area (Å²) in [5, 5.41) is 6.91. The van der Waals surface area contributed by atoms with Gasteiger partial charge < -0.3 is 20.1 Å². The van der Waals surface area contributed by atoms with Crippen molar-refractivity contribution in [2.45, 2.75) is 19.9 Å². The van der Waals surface area contributed by atoms with Crippen molar-refractivity contribution in [3.05, 3.63) is 23.8 Å². The minimum Gasteiger partial charge on any atom is -0.486 e.